The number of carbonyl (C=O) groups excluding carboxylic acids is 2. The van der Waals surface area contributed by atoms with Gasteiger partial charge in [-0.3, -0.25) is 14.9 Å². The van der Waals surface area contributed by atoms with Crippen LogP contribution in [0.15, 0.2) is 36.4 Å². The zero-order chi connectivity index (χ0) is 25.9. The van der Waals surface area contributed by atoms with Gasteiger partial charge in [0.25, 0.3) is 0 Å². The van der Waals surface area contributed by atoms with Crippen LogP contribution in [0.5, 0.6) is 0 Å². The van der Waals surface area contributed by atoms with Crippen molar-refractivity contribution in [2.24, 2.45) is 0 Å². The van der Waals surface area contributed by atoms with Gasteiger partial charge in [0.15, 0.2) is 0 Å². The molecule has 2 aromatic rings. The molecule has 2 spiro atoms. The molecular formula is C28H30Cl2FN3O3. The zero-order valence-electron chi connectivity index (χ0n) is 20.3. The Bertz CT molecular complexity index is 1260. The molecule has 6 nitrogen and oxygen atoms in total. The second kappa shape index (κ2) is 9.23. The van der Waals surface area contributed by atoms with Crippen LogP contribution in [0.2, 0.25) is 10.0 Å². The van der Waals surface area contributed by atoms with Crippen LogP contribution in [-0.4, -0.2) is 40.6 Å². The summed E-state index contributed by atoms with van der Waals surface area (Å²) in [6.45, 7) is 0. The maximum Gasteiger partial charge on any atom is 0.238 e. The fourth-order valence-corrected chi connectivity index (χ4v) is 7.91. The normalized spacial score (nSPS) is 32.1. The zero-order valence-corrected chi connectivity index (χ0v) is 21.8. The minimum absolute atomic E-state index is 0.0461. The lowest BCUT2D eigenvalue weighted by Gasteiger charge is -2.42. The number of aliphatic hydroxyl groups is 1. The van der Waals surface area contributed by atoms with Crippen molar-refractivity contribution >= 4 is 40.7 Å². The summed E-state index contributed by atoms with van der Waals surface area (Å²) in [5, 5.41) is 20.1. The molecular weight excluding hydrogens is 516 g/mol. The van der Waals surface area contributed by atoms with Gasteiger partial charge in [-0.2, -0.15) is 0 Å². The van der Waals surface area contributed by atoms with E-state index >= 15 is 4.39 Å². The number of carbonyl (C=O) groups is 2. The van der Waals surface area contributed by atoms with Gasteiger partial charge in [0.1, 0.15) is 11.2 Å². The predicted octanol–water partition coefficient (Wildman–Crippen LogP) is 4.81. The van der Waals surface area contributed by atoms with Gasteiger partial charge in [0.2, 0.25) is 11.8 Å². The molecule has 4 aliphatic rings. The molecule has 2 aliphatic heterocycles. The Morgan fingerprint density at radius 3 is 2.54 bits per heavy atom. The molecule has 0 radical (unpaired) electrons. The maximum atomic E-state index is 15.8. The standard InChI is InChI=1S/C28H30Cl2FN3O3/c29-15-6-11-19-21(14-15)33-26(37)28(19)22(18-4-3-5-20(30)23(18)31)24(34-27(28)12-1-2-13-27)25(36)32-16-7-9-17(35)10-8-16/h3-6,11,14,16-17,22,24,34-35H,1-2,7-10,12-13H2,(H,32,36)(H,33,37)/t16?,17?,22-,24+,28?/m0/s1. The van der Waals surface area contributed by atoms with Gasteiger partial charge < -0.3 is 15.7 Å². The van der Waals surface area contributed by atoms with E-state index in [2.05, 4.69) is 16.0 Å². The third kappa shape index (κ3) is 3.73. The highest BCUT2D eigenvalue weighted by atomic mass is 35.5. The lowest BCUT2D eigenvalue weighted by Crippen LogP contribution is -2.58. The van der Waals surface area contributed by atoms with Crippen LogP contribution < -0.4 is 16.0 Å². The van der Waals surface area contributed by atoms with E-state index in [9.17, 15) is 14.7 Å². The monoisotopic (exact) mass is 545 g/mol. The minimum Gasteiger partial charge on any atom is -0.393 e. The van der Waals surface area contributed by atoms with E-state index in [0.29, 0.717) is 49.2 Å². The van der Waals surface area contributed by atoms with E-state index in [0.717, 1.165) is 18.4 Å². The van der Waals surface area contributed by atoms with Crippen LogP contribution in [0.1, 0.15) is 68.4 Å². The maximum absolute atomic E-state index is 15.8. The Morgan fingerprint density at radius 2 is 1.81 bits per heavy atom. The number of fused-ring (bicyclic) bond motifs is 3. The van der Waals surface area contributed by atoms with E-state index in [1.165, 1.54) is 6.07 Å². The third-order valence-electron chi connectivity index (χ3n) is 9.10. The molecule has 2 aliphatic carbocycles. The lowest BCUT2D eigenvalue weighted by molar-refractivity contribution is -0.124. The Kier molecular flexibility index (Phi) is 6.26. The Hall–Kier alpha value is -2.19. The molecule has 3 atom stereocenters. The molecule has 1 saturated heterocycles. The Balaban J connectivity index is 1.52. The smallest absolute Gasteiger partial charge is 0.238 e. The summed E-state index contributed by atoms with van der Waals surface area (Å²) in [4.78, 5) is 28.2. The second-order valence-electron chi connectivity index (χ2n) is 11.0. The fourth-order valence-electron chi connectivity index (χ4n) is 7.55. The van der Waals surface area contributed by atoms with E-state index < -0.39 is 28.7 Å². The van der Waals surface area contributed by atoms with Gasteiger partial charge in [-0.1, -0.05) is 54.2 Å². The largest absolute Gasteiger partial charge is 0.393 e. The molecule has 2 heterocycles. The third-order valence-corrected chi connectivity index (χ3v) is 9.63. The van der Waals surface area contributed by atoms with Gasteiger partial charge in [-0.25, -0.2) is 4.39 Å². The minimum atomic E-state index is -1.22. The lowest BCUT2D eigenvalue weighted by atomic mass is 9.58. The molecule has 3 fully saturated rings. The van der Waals surface area contributed by atoms with Gasteiger partial charge in [-0.15, -0.1) is 0 Å². The van der Waals surface area contributed by atoms with Gasteiger partial charge in [-0.05, 0) is 67.9 Å². The van der Waals surface area contributed by atoms with Crippen molar-refractivity contribution < 1.29 is 19.1 Å². The average molecular weight is 546 g/mol. The first kappa shape index (κ1) is 25.1. The molecule has 2 saturated carbocycles. The number of rotatable bonds is 3. The fraction of sp³-hybridized carbons (Fsp3) is 0.500. The summed E-state index contributed by atoms with van der Waals surface area (Å²) in [6.07, 6.45) is 5.40. The highest BCUT2D eigenvalue weighted by Crippen LogP contribution is 2.63. The molecule has 2 amide bonds. The van der Waals surface area contributed by atoms with E-state index in [4.69, 9.17) is 23.2 Å². The molecule has 2 aromatic carbocycles. The van der Waals surface area contributed by atoms with Crippen molar-refractivity contribution in [2.75, 3.05) is 5.32 Å². The second-order valence-corrected chi connectivity index (χ2v) is 11.8. The summed E-state index contributed by atoms with van der Waals surface area (Å²) in [6, 6.07) is 9.16. The predicted molar refractivity (Wildman–Crippen MR) is 140 cm³/mol. The van der Waals surface area contributed by atoms with Gasteiger partial charge in [0.05, 0.1) is 17.2 Å². The topological polar surface area (TPSA) is 90.5 Å². The van der Waals surface area contributed by atoms with Crippen LogP contribution in [0.25, 0.3) is 0 Å². The number of aliphatic hydroxyl groups excluding tert-OH is 1. The highest BCUT2D eigenvalue weighted by molar-refractivity contribution is 6.31. The molecule has 196 valence electrons. The van der Waals surface area contributed by atoms with E-state index in [-0.39, 0.29) is 34.5 Å². The van der Waals surface area contributed by atoms with Gasteiger partial charge >= 0.3 is 0 Å². The molecule has 0 bridgehead atoms. The number of hydrogen-bond donors (Lipinski definition) is 4. The first-order chi connectivity index (χ1) is 17.8. The summed E-state index contributed by atoms with van der Waals surface area (Å²) in [5.41, 5.74) is -0.377. The highest BCUT2D eigenvalue weighted by Gasteiger charge is 2.72. The average Bonchev–Trinajstić information content (AvgIpc) is 3.54. The van der Waals surface area contributed by atoms with Crippen molar-refractivity contribution in [1.29, 1.82) is 0 Å². The molecule has 1 unspecified atom stereocenters. The van der Waals surface area contributed by atoms with E-state index in [1.807, 2.05) is 6.07 Å². The summed E-state index contributed by atoms with van der Waals surface area (Å²) < 4.78 is 15.8. The molecule has 37 heavy (non-hydrogen) atoms. The molecule has 9 heteroatoms. The first-order valence-electron chi connectivity index (χ1n) is 13.1. The summed E-state index contributed by atoms with van der Waals surface area (Å²) >= 11 is 12.5. The number of anilines is 1. The van der Waals surface area contributed by atoms with Crippen LogP contribution in [0, 0.1) is 5.82 Å². The number of benzene rings is 2. The van der Waals surface area contributed by atoms with E-state index in [1.54, 1.807) is 24.3 Å². The van der Waals surface area contributed by atoms with Crippen LogP contribution in [0.3, 0.4) is 0 Å². The van der Waals surface area contributed by atoms with Crippen molar-refractivity contribution in [2.45, 2.75) is 86.4 Å². The number of nitrogens with one attached hydrogen (secondary N) is 3. The summed E-state index contributed by atoms with van der Waals surface area (Å²) in [7, 11) is 0. The molecule has 6 rings (SSSR count). The first-order valence-corrected chi connectivity index (χ1v) is 13.8. The quantitative estimate of drug-likeness (QED) is 0.445. The van der Waals surface area contributed by atoms with Crippen LogP contribution in [0.4, 0.5) is 10.1 Å². The Labute approximate surface area is 225 Å². The van der Waals surface area contributed by atoms with Crippen LogP contribution >= 0.6 is 23.2 Å². The van der Waals surface area contributed by atoms with Crippen LogP contribution in [-0.2, 0) is 15.0 Å². The van der Waals surface area contributed by atoms with Gasteiger partial charge in [0, 0.05) is 28.2 Å². The summed E-state index contributed by atoms with van der Waals surface area (Å²) in [5.74, 6) is -1.95. The van der Waals surface area contributed by atoms with Crippen molar-refractivity contribution in [3.05, 3.63) is 63.4 Å². The van der Waals surface area contributed by atoms with Crippen molar-refractivity contribution in [3.63, 3.8) is 0 Å². The SMILES string of the molecule is O=C(NC1CCC(O)CC1)[C@@H]1NC2(CCCC2)C2(C(=O)Nc3cc(Cl)ccc32)[C@H]1c1cccc(Cl)c1F. The number of amides is 2. The molecule has 0 aromatic heterocycles. The van der Waals surface area contributed by atoms with Crippen molar-refractivity contribution in [1.82, 2.24) is 10.6 Å². The number of halogens is 3. The number of hydrogen-bond acceptors (Lipinski definition) is 4. The molecule has 4 N–H and O–H groups in total. The van der Waals surface area contributed by atoms with Crippen molar-refractivity contribution in [3.8, 4) is 0 Å². The Morgan fingerprint density at radius 1 is 1.08 bits per heavy atom.